The first-order valence-corrected chi connectivity index (χ1v) is 8.00. The van der Waals surface area contributed by atoms with Crippen molar-refractivity contribution in [1.82, 2.24) is 4.90 Å². The topological polar surface area (TPSA) is 40.5 Å². The summed E-state index contributed by atoms with van der Waals surface area (Å²) in [6.45, 7) is 2.35. The highest BCUT2D eigenvalue weighted by molar-refractivity contribution is 9.11. The van der Waals surface area contributed by atoms with Gasteiger partial charge in [0.25, 0.3) is 0 Å². The van der Waals surface area contributed by atoms with E-state index in [-0.39, 0.29) is 11.5 Å². The molecular formula is C12H12Br3NO2. The highest BCUT2D eigenvalue weighted by Gasteiger charge is 2.22. The molecule has 18 heavy (non-hydrogen) atoms. The van der Waals surface area contributed by atoms with Gasteiger partial charge in [-0.2, -0.15) is 0 Å². The molecule has 2 rings (SSSR count). The van der Waals surface area contributed by atoms with Crippen LogP contribution in [0.1, 0.15) is 23.2 Å². The van der Waals surface area contributed by atoms with E-state index in [1.54, 1.807) is 6.07 Å². The number of phenols is 1. The van der Waals surface area contributed by atoms with Crippen LogP contribution >= 0.6 is 47.8 Å². The van der Waals surface area contributed by atoms with E-state index in [4.69, 9.17) is 0 Å². The first kappa shape index (κ1) is 14.5. The molecule has 0 aliphatic carbocycles. The number of likely N-dealkylation sites (tertiary alicyclic amines) is 1. The van der Waals surface area contributed by atoms with Crippen molar-refractivity contribution < 1.29 is 9.90 Å². The minimum Gasteiger partial charge on any atom is -0.506 e. The van der Waals surface area contributed by atoms with Crippen molar-refractivity contribution in [3.05, 3.63) is 25.0 Å². The second-order valence-electron chi connectivity index (χ2n) is 4.28. The fourth-order valence-corrected chi connectivity index (χ4v) is 4.62. The van der Waals surface area contributed by atoms with Crippen molar-refractivity contribution in [2.45, 2.75) is 12.8 Å². The lowest BCUT2D eigenvalue weighted by atomic mass is 10.1. The van der Waals surface area contributed by atoms with Gasteiger partial charge in [0, 0.05) is 4.47 Å². The molecule has 0 radical (unpaired) electrons. The number of nitrogens with zero attached hydrogens (tertiary/aromatic N) is 1. The zero-order chi connectivity index (χ0) is 13.3. The van der Waals surface area contributed by atoms with Crippen LogP contribution < -0.4 is 0 Å². The van der Waals surface area contributed by atoms with Crippen molar-refractivity contribution in [3.63, 3.8) is 0 Å². The summed E-state index contributed by atoms with van der Waals surface area (Å²) in [5, 5.41) is 9.84. The maximum atomic E-state index is 12.3. The summed E-state index contributed by atoms with van der Waals surface area (Å²) in [4.78, 5) is 14.4. The second kappa shape index (κ2) is 6.03. The summed E-state index contributed by atoms with van der Waals surface area (Å²) < 4.78 is 1.68. The number of hydrogen-bond donors (Lipinski definition) is 1. The number of rotatable bonds is 3. The van der Waals surface area contributed by atoms with E-state index < -0.39 is 0 Å². The predicted octanol–water partition coefficient (Wildman–Crippen LogP) is 3.96. The normalized spacial score (nSPS) is 16.2. The van der Waals surface area contributed by atoms with E-state index >= 15 is 0 Å². The van der Waals surface area contributed by atoms with Crippen molar-refractivity contribution in [2.24, 2.45) is 0 Å². The fourth-order valence-electron chi connectivity index (χ4n) is 2.06. The third-order valence-corrected chi connectivity index (χ3v) is 4.99. The molecule has 1 saturated heterocycles. The Kier molecular flexibility index (Phi) is 4.86. The highest BCUT2D eigenvalue weighted by Crippen LogP contribution is 2.39. The Morgan fingerprint density at radius 1 is 1.22 bits per heavy atom. The summed E-state index contributed by atoms with van der Waals surface area (Å²) in [5.74, 6) is 0.0708. The lowest BCUT2D eigenvalue weighted by molar-refractivity contribution is 0.0943. The van der Waals surface area contributed by atoms with Gasteiger partial charge in [-0.3, -0.25) is 9.69 Å². The molecular weight excluding hydrogens is 430 g/mol. The predicted molar refractivity (Wildman–Crippen MR) is 81.2 cm³/mol. The molecule has 1 aromatic rings. The van der Waals surface area contributed by atoms with Crippen molar-refractivity contribution in [2.75, 3.05) is 19.6 Å². The molecule has 3 nitrogen and oxygen atoms in total. The molecule has 6 heteroatoms. The molecule has 0 amide bonds. The van der Waals surface area contributed by atoms with Crippen molar-refractivity contribution in [3.8, 4) is 5.75 Å². The van der Waals surface area contributed by atoms with Crippen LogP contribution in [0.2, 0.25) is 0 Å². The third kappa shape index (κ3) is 2.98. The zero-order valence-corrected chi connectivity index (χ0v) is 14.3. The minimum absolute atomic E-state index is 0.0125. The number of benzene rings is 1. The van der Waals surface area contributed by atoms with Crippen LogP contribution in [0.3, 0.4) is 0 Å². The molecule has 1 fully saturated rings. The van der Waals surface area contributed by atoms with Gasteiger partial charge in [-0.05, 0) is 79.8 Å². The summed E-state index contributed by atoms with van der Waals surface area (Å²) in [6, 6.07) is 1.69. The van der Waals surface area contributed by atoms with Gasteiger partial charge < -0.3 is 5.11 Å². The number of halogens is 3. The van der Waals surface area contributed by atoms with Crippen LogP contribution in [-0.2, 0) is 0 Å². The number of carbonyl (C=O) groups is 1. The Morgan fingerprint density at radius 2 is 1.83 bits per heavy atom. The van der Waals surface area contributed by atoms with E-state index in [2.05, 4.69) is 52.7 Å². The van der Waals surface area contributed by atoms with Gasteiger partial charge in [-0.25, -0.2) is 0 Å². The fraction of sp³-hybridized carbons (Fsp3) is 0.417. The van der Waals surface area contributed by atoms with Gasteiger partial charge in [0.15, 0.2) is 5.78 Å². The average molecular weight is 442 g/mol. The molecule has 0 atom stereocenters. The van der Waals surface area contributed by atoms with Gasteiger partial charge in [-0.1, -0.05) is 0 Å². The quantitative estimate of drug-likeness (QED) is 0.722. The van der Waals surface area contributed by atoms with Crippen LogP contribution in [-0.4, -0.2) is 35.4 Å². The monoisotopic (exact) mass is 439 g/mol. The van der Waals surface area contributed by atoms with E-state index in [9.17, 15) is 9.90 Å². The molecule has 1 aromatic carbocycles. The zero-order valence-electron chi connectivity index (χ0n) is 9.55. The first-order chi connectivity index (χ1) is 8.50. The number of phenolic OH excluding ortho intramolecular Hbond substituents is 1. The minimum atomic E-state index is 0.0125. The molecule has 98 valence electrons. The molecule has 1 aliphatic rings. The Morgan fingerprint density at radius 3 is 2.44 bits per heavy atom. The van der Waals surface area contributed by atoms with E-state index in [1.165, 1.54) is 0 Å². The number of hydrogen-bond acceptors (Lipinski definition) is 3. The molecule has 1 heterocycles. The lowest BCUT2D eigenvalue weighted by Gasteiger charge is -2.15. The van der Waals surface area contributed by atoms with Gasteiger partial charge >= 0.3 is 0 Å². The number of Topliss-reactive ketones (excluding diaryl/α,β-unsaturated/α-hetero) is 1. The van der Waals surface area contributed by atoms with Gasteiger partial charge in [0.05, 0.1) is 21.1 Å². The van der Waals surface area contributed by atoms with Crippen LogP contribution in [0, 0.1) is 0 Å². The summed E-state index contributed by atoms with van der Waals surface area (Å²) in [7, 11) is 0. The lowest BCUT2D eigenvalue weighted by Crippen LogP contribution is -2.27. The molecule has 1 aliphatic heterocycles. The Bertz CT molecular complexity index is 485. The summed E-state index contributed by atoms with van der Waals surface area (Å²) in [5.41, 5.74) is 0.502. The Balaban J connectivity index is 2.26. The van der Waals surface area contributed by atoms with Gasteiger partial charge in [0.2, 0.25) is 0 Å². The number of ketones is 1. The molecule has 0 saturated carbocycles. The summed E-state index contributed by atoms with van der Waals surface area (Å²) in [6.07, 6.45) is 2.31. The van der Waals surface area contributed by atoms with Crippen LogP contribution in [0.5, 0.6) is 5.75 Å². The largest absolute Gasteiger partial charge is 0.506 e. The van der Waals surface area contributed by atoms with Crippen LogP contribution in [0.25, 0.3) is 0 Å². The molecule has 0 unspecified atom stereocenters. The molecule has 1 N–H and O–H groups in total. The van der Waals surface area contributed by atoms with Crippen LogP contribution in [0.15, 0.2) is 19.5 Å². The third-order valence-electron chi connectivity index (χ3n) is 2.99. The first-order valence-electron chi connectivity index (χ1n) is 5.62. The smallest absolute Gasteiger partial charge is 0.179 e. The van der Waals surface area contributed by atoms with Crippen molar-refractivity contribution in [1.29, 1.82) is 0 Å². The number of carbonyl (C=O) groups excluding carboxylic acids is 1. The highest BCUT2D eigenvalue weighted by atomic mass is 79.9. The maximum absolute atomic E-state index is 12.3. The average Bonchev–Trinajstić information content (AvgIpc) is 2.78. The maximum Gasteiger partial charge on any atom is 0.179 e. The standard InChI is InChI=1S/C12H12Br3NO2/c13-7-5-8(14)12(18)11(15)10(7)9(17)6-16-3-1-2-4-16/h5,18H,1-4,6H2. The van der Waals surface area contributed by atoms with Gasteiger partial charge in [-0.15, -0.1) is 0 Å². The SMILES string of the molecule is O=C(CN1CCCC1)c1c(Br)cc(Br)c(O)c1Br. The van der Waals surface area contributed by atoms with Crippen LogP contribution in [0.4, 0.5) is 0 Å². The molecule has 0 bridgehead atoms. The Hall–Kier alpha value is 0.0900. The molecule has 0 spiro atoms. The number of aromatic hydroxyl groups is 1. The van der Waals surface area contributed by atoms with E-state index in [0.717, 1.165) is 25.9 Å². The second-order valence-corrected chi connectivity index (χ2v) is 6.79. The van der Waals surface area contributed by atoms with Gasteiger partial charge in [0.1, 0.15) is 5.75 Å². The summed E-state index contributed by atoms with van der Waals surface area (Å²) >= 11 is 9.89. The Labute approximate surface area is 131 Å². The molecule has 0 aromatic heterocycles. The van der Waals surface area contributed by atoms with E-state index in [1.807, 2.05) is 0 Å². The van der Waals surface area contributed by atoms with E-state index in [0.29, 0.717) is 25.5 Å². The van der Waals surface area contributed by atoms with Crippen molar-refractivity contribution >= 4 is 53.6 Å².